The Labute approximate surface area is 198 Å². The zero-order chi connectivity index (χ0) is 23.7. The highest BCUT2D eigenvalue weighted by molar-refractivity contribution is 7.89. The summed E-state index contributed by atoms with van der Waals surface area (Å²) in [6, 6.07) is 12.5. The number of carbonyl (C=O) groups is 1. The van der Waals surface area contributed by atoms with Gasteiger partial charge in [0.2, 0.25) is 21.7 Å². The summed E-state index contributed by atoms with van der Waals surface area (Å²) in [5.41, 5.74) is 3.16. The number of piperazine rings is 1. The van der Waals surface area contributed by atoms with Crippen LogP contribution < -0.4 is 4.74 Å². The van der Waals surface area contributed by atoms with E-state index >= 15 is 0 Å². The molecule has 0 atom stereocenters. The molecule has 1 aromatic heterocycles. The maximum atomic E-state index is 13.1. The molecule has 1 aliphatic carbocycles. The molecule has 0 N–H and O–H groups in total. The number of hydrogen-bond donors (Lipinski definition) is 0. The highest BCUT2D eigenvalue weighted by Gasteiger charge is 2.31. The average Bonchev–Trinajstić information content (AvgIpc) is 3.51. The molecule has 10 heteroatoms. The van der Waals surface area contributed by atoms with Gasteiger partial charge in [0.15, 0.2) is 6.61 Å². The van der Waals surface area contributed by atoms with Gasteiger partial charge in [-0.25, -0.2) is 8.42 Å². The van der Waals surface area contributed by atoms with Crippen LogP contribution in [0.5, 0.6) is 5.75 Å². The standard InChI is InChI=1S/C24H26N4O5S/c1-17-25-24(26-33-17)19-5-8-21(9-6-19)32-16-23(29)27-11-13-28(14-12-27)34(30,31)22-10-7-18-3-2-4-20(18)15-22/h5-10,15H,2-4,11-14,16H2,1H3. The predicted octanol–water partition coefficient (Wildman–Crippen LogP) is 2.45. The number of amides is 1. The van der Waals surface area contributed by atoms with Gasteiger partial charge in [-0.05, 0) is 66.8 Å². The van der Waals surface area contributed by atoms with Crippen molar-refractivity contribution in [2.45, 2.75) is 31.1 Å². The van der Waals surface area contributed by atoms with E-state index in [1.54, 1.807) is 42.2 Å². The Kier molecular flexibility index (Phi) is 6.09. The second-order valence-electron chi connectivity index (χ2n) is 8.52. The third kappa shape index (κ3) is 4.55. The largest absolute Gasteiger partial charge is 0.484 e. The summed E-state index contributed by atoms with van der Waals surface area (Å²) in [5, 5.41) is 3.87. The minimum absolute atomic E-state index is 0.113. The van der Waals surface area contributed by atoms with E-state index in [9.17, 15) is 13.2 Å². The third-order valence-electron chi connectivity index (χ3n) is 6.30. The van der Waals surface area contributed by atoms with Gasteiger partial charge in [0.1, 0.15) is 5.75 Å². The van der Waals surface area contributed by atoms with E-state index in [1.807, 2.05) is 12.1 Å². The Bertz CT molecular complexity index is 1300. The zero-order valence-corrected chi connectivity index (χ0v) is 19.8. The highest BCUT2D eigenvalue weighted by Crippen LogP contribution is 2.27. The van der Waals surface area contributed by atoms with Crippen molar-refractivity contribution in [3.8, 4) is 17.1 Å². The monoisotopic (exact) mass is 482 g/mol. The highest BCUT2D eigenvalue weighted by atomic mass is 32.2. The van der Waals surface area contributed by atoms with Crippen LogP contribution in [0.3, 0.4) is 0 Å². The fourth-order valence-corrected chi connectivity index (χ4v) is 5.86. The molecule has 1 saturated heterocycles. The summed E-state index contributed by atoms with van der Waals surface area (Å²) in [6.07, 6.45) is 3.02. The first kappa shape index (κ1) is 22.5. The molecule has 9 nitrogen and oxygen atoms in total. The normalized spacial score (nSPS) is 16.4. The lowest BCUT2D eigenvalue weighted by molar-refractivity contribution is -0.134. The smallest absolute Gasteiger partial charge is 0.260 e. The van der Waals surface area contributed by atoms with Gasteiger partial charge in [0, 0.05) is 38.7 Å². The van der Waals surface area contributed by atoms with Crippen molar-refractivity contribution in [3.63, 3.8) is 0 Å². The topological polar surface area (TPSA) is 106 Å². The van der Waals surface area contributed by atoms with Gasteiger partial charge in [-0.2, -0.15) is 9.29 Å². The summed E-state index contributed by atoms with van der Waals surface area (Å²) in [6.45, 7) is 2.82. The van der Waals surface area contributed by atoms with E-state index in [0.29, 0.717) is 35.4 Å². The SMILES string of the molecule is Cc1nc(-c2ccc(OCC(=O)N3CCN(S(=O)(=O)c4ccc5c(c4)CCC5)CC3)cc2)no1. The van der Waals surface area contributed by atoms with Crippen LogP contribution in [0.25, 0.3) is 11.4 Å². The third-order valence-corrected chi connectivity index (χ3v) is 8.20. The molecular weight excluding hydrogens is 456 g/mol. The van der Waals surface area contributed by atoms with E-state index in [2.05, 4.69) is 10.1 Å². The van der Waals surface area contributed by atoms with Crippen LogP contribution in [0.4, 0.5) is 0 Å². The van der Waals surface area contributed by atoms with Crippen LogP contribution in [-0.2, 0) is 27.7 Å². The van der Waals surface area contributed by atoms with E-state index in [0.717, 1.165) is 30.4 Å². The lowest BCUT2D eigenvalue weighted by atomic mass is 10.1. The van der Waals surface area contributed by atoms with Crippen LogP contribution >= 0.6 is 0 Å². The summed E-state index contributed by atoms with van der Waals surface area (Å²) in [5.74, 6) is 1.36. The fourth-order valence-electron chi connectivity index (χ4n) is 4.39. The Morgan fingerprint density at radius 3 is 2.47 bits per heavy atom. The molecule has 0 spiro atoms. The van der Waals surface area contributed by atoms with Crippen molar-refractivity contribution in [1.29, 1.82) is 0 Å². The number of ether oxygens (including phenoxy) is 1. The van der Waals surface area contributed by atoms with Crippen LogP contribution in [-0.4, -0.2) is 66.5 Å². The van der Waals surface area contributed by atoms with Crippen molar-refractivity contribution < 1.29 is 22.5 Å². The molecule has 0 bridgehead atoms. The van der Waals surface area contributed by atoms with Crippen molar-refractivity contribution >= 4 is 15.9 Å². The number of carbonyl (C=O) groups excluding carboxylic acids is 1. The van der Waals surface area contributed by atoms with Gasteiger partial charge in [0.05, 0.1) is 4.90 Å². The predicted molar refractivity (Wildman–Crippen MR) is 124 cm³/mol. The quantitative estimate of drug-likeness (QED) is 0.531. The van der Waals surface area contributed by atoms with Crippen LogP contribution in [0, 0.1) is 6.92 Å². The Morgan fingerprint density at radius 1 is 1.03 bits per heavy atom. The Morgan fingerprint density at radius 2 is 1.76 bits per heavy atom. The summed E-state index contributed by atoms with van der Waals surface area (Å²) in [4.78, 5) is 18.8. The molecule has 0 saturated carbocycles. The lowest BCUT2D eigenvalue weighted by Gasteiger charge is -2.34. The second-order valence-corrected chi connectivity index (χ2v) is 10.5. The number of benzene rings is 2. The average molecular weight is 483 g/mol. The van der Waals surface area contributed by atoms with Crippen molar-refractivity contribution in [3.05, 3.63) is 59.5 Å². The number of fused-ring (bicyclic) bond motifs is 1. The summed E-state index contributed by atoms with van der Waals surface area (Å²) < 4.78 is 38.3. The number of aryl methyl sites for hydroxylation is 3. The van der Waals surface area contributed by atoms with Crippen molar-refractivity contribution in [2.75, 3.05) is 32.8 Å². The molecule has 2 heterocycles. The maximum absolute atomic E-state index is 13.1. The second kappa shape index (κ2) is 9.19. The number of hydrogen-bond acceptors (Lipinski definition) is 7. The Hall–Kier alpha value is -3.24. The minimum Gasteiger partial charge on any atom is -0.484 e. The van der Waals surface area contributed by atoms with Crippen LogP contribution in [0.2, 0.25) is 0 Å². The number of nitrogens with zero attached hydrogens (tertiary/aromatic N) is 4. The molecular formula is C24H26N4O5S. The molecule has 5 rings (SSSR count). The summed E-state index contributed by atoms with van der Waals surface area (Å²) in [7, 11) is -3.57. The molecule has 34 heavy (non-hydrogen) atoms. The molecule has 0 radical (unpaired) electrons. The maximum Gasteiger partial charge on any atom is 0.260 e. The summed E-state index contributed by atoms with van der Waals surface area (Å²) >= 11 is 0. The van der Waals surface area contributed by atoms with Crippen molar-refractivity contribution in [1.82, 2.24) is 19.3 Å². The molecule has 1 aliphatic heterocycles. The van der Waals surface area contributed by atoms with Crippen LogP contribution in [0.15, 0.2) is 51.9 Å². The number of rotatable bonds is 6. The molecule has 178 valence electrons. The van der Waals surface area contributed by atoms with E-state index in [4.69, 9.17) is 9.26 Å². The van der Waals surface area contributed by atoms with E-state index < -0.39 is 10.0 Å². The molecule has 2 aromatic carbocycles. The number of sulfonamides is 1. The molecule has 1 fully saturated rings. The van der Waals surface area contributed by atoms with Gasteiger partial charge < -0.3 is 14.2 Å². The van der Waals surface area contributed by atoms with Gasteiger partial charge in [-0.3, -0.25) is 4.79 Å². The minimum atomic E-state index is -3.57. The van der Waals surface area contributed by atoms with E-state index in [1.165, 1.54) is 9.87 Å². The number of aromatic nitrogens is 2. The molecule has 2 aliphatic rings. The van der Waals surface area contributed by atoms with Gasteiger partial charge in [0.25, 0.3) is 5.91 Å². The first-order chi connectivity index (χ1) is 16.4. The van der Waals surface area contributed by atoms with Gasteiger partial charge in [-0.1, -0.05) is 11.2 Å². The first-order valence-corrected chi connectivity index (χ1v) is 12.8. The Balaban J connectivity index is 1.14. The molecule has 3 aromatic rings. The van der Waals surface area contributed by atoms with Crippen molar-refractivity contribution in [2.24, 2.45) is 0 Å². The zero-order valence-electron chi connectivity index (χ0n) is 18.9. The molecule has 0 unspecified atom stereocenters. The molecule has 1 amide bonds. The van der Waals surface area contributed by atoms with Crippen LogP contribution in [0.1, 0.15) is 23.4 Å². The van der Waals surface area contributed by atoms with Gasteiger partial charge >= 0.3 is 0 Å². The first-order valence-electron chi connectivity index (χ1n) is 11.3. The lowest BCUT2D eigenvalue weighted by Crippen LogP contribution is -2.51. The van der Waals surface area contributed by atoms with E-state index in [-0.39, 0.29) is 25.6 Å². The van der Waals surface area contributed by atoms with Gasteiger partial charge in [-0.15, -0.1) is 0 Å². The fraction of sp³-hybridized carbons (Fsp3) is 0.375.